The average Bonchev–Trinajstić information content (AvgIpc) is 2.55. The van der Waals surface area contributed by atoms with Crippen LogP contribution in [0.15, 0.2) is 18.2 Å². The first-order valence-corrected chi connectivity index (χ1v) is 6.52. The molecule has 92 valence electrons. The standard InChI is InChI=1S/C14H19ClN2/c1-9(2)8-17-13-6-5-11(15)7-12(13)16-14(17)10(3)4/h5-7,9-10H,8H2,1-4H3. The van der Waals surface area contributed by atoms with Gasteiger partial charge in [-0.3, -0.25) is 0 Å². The lowest BCUT2D eigenvalue weighted by atomic mass is 10.2. The Labute approximate surface area is 108 Å². The molecule has 0 atom stereocenters. The molecule has 2 rings (SSSR count). The van der Waals surface area contributed by atoms with E-state index in [-0.39, 0.29) is 0 Å². The van der Waals surface area contributed by atoms with Gasteiger partial charge in [-0.2, -0.15) is 0 Å². The molecule has 0 saturated heterocycles. The van der Waals surface area contributed by atoms with Crippen LogP contribution in [0, 0.1) is 5.92 Å². The van der Waals surface area contributed by atoms with Gasteiger partial charge in [0.1, 0.15) is 5.82 Å². The highest BCUT2D eigenvalue weighted by molar-refractivity contribution is 6.31. The highest BCUT2D eigenvalue weighted by atomic mass is 35.5. The molecule has 0 unspecified atom stereocenters. The average molecular weight is 251 g/mol. The van der Waals surface area contributed by atoms with E-state index in [9.17, 15) is 0 Å². The fourth-order valence-electron chi connectivity index (χ4n) is 2.12. The van der Waals surface area contributed by atoms with E-state index >= 15 is 0 Å². The Morgan fingerprint density at radius 2 is 1.94 bits per heavy atom. The SMILES string of the molecule is CC(C)Cn1c(C(C)C)nc2cc(Cl)ccc21. The van der Waals surface area contributed by atoms with Crippen molar-refractivity contribution in [2.24, 2.45) is 5.92 Å². The first-order chi connectivity index (χ1) is 7.99. The minimum atomic E-state index is 0.430. The molecule has 17 heavy (non-hydrogen) atoms. The Kier molecular flexibility index (Phi) is 3.43. The summed E-state index contributed by atoms with van der Waals surface area (Å²) in [5, 5.41) is 0.752. The van der Waals surface area contributed by atoms with Gasteiger partial charge in [-0.15, -0.1) is 0 Å². The molecule has 0 amide bonds. The summed E-state index contributed by atoms with van der Waals surface area (Å²) >= 11 is 6.02. The van der Waals surface area contributed by atoms with Crippen LogP contribution in [0.2, 0.25) is 5.02 Å². The maximum Gasteiger partial charge on any atom is 0.112 e. The summed E-state index contributed by atoms with van der Waals surface area (Å²) in [5.41, 5.74) is 2.19. The minimum Gasteiger partial charge on any atom is -0.328 e. The van der Waals surface area contributed by atoms with Gasteiger partial charge in [0.05, 0.1) is 11.0 Å². The number of halogens is 1. The van der Waals surface area contributed by atoms with Gasteiger partial charge in [-0.1, -0.05) is 39.3 Å². The van der Waals surface area contributed by atoms with E-state index in [0.29, 0.717) is 11.8 Å². The third kappa shape index (κ3) is 2.47. The lowest BCUT2D eigenvalue weighted by molar-refractivity contribution is 0.508. The van der Waals surface area contributed by atoms with Gasteiger partial charge in [0.15, 0.2) is 0 Å². The van der Waals surface area contributed by atoms with Crippen molar-refractivity contribution in [3.63, 3.8) is 0 Å². The molecule has 2 nitrogen and oxygen atoms in total. The van der Waals surface area contributed by atoms with Crippen LogP contribution in [0.25, 0.3) is 11.0 Å². The number of benzene rings is 1. The number of hydrogen-bond donors (Lipinski definition) is 0. The van der Waals surface area contributed by atoms with Gasteiger partial charge >= 0.3 is 0 Å². The molecule has 0 N–H and O–H groups in total. The highest BCUT2D eigenvalue weighted by Crippen LogP contribution is 2.25. The smallest absolute Gasteiger partial charge is 0.112 e. The lowest BCUT2D eigenvalue weighted by Gasteiger charge is -2.13. The topological polar surface area (TPSA) is 17.8 Å². The molecule has 0 spiro atoms. The summed E-state index contributed by atoms with van der Waals surface area (Å²) in [7, 11) is 0. The van der Waals surface area contributed by atoms with E-state index in [0.717, 1.165) is 22.9 Å². The highest BCUT2D eigenvalue weighted by Gasteiger charge is 2.14. The van der Waals surface area contributed by atoms with Gasteiger partial charge < -0.3 is 4.57 Å². The third-order valence-electron chi connectivity index (χ3n) is 2.80. The van der Waals surface area contributed by atoms with Crippen molar-refractivity contribution in [2.75, 3.05) is 0 Å². The molecule has 2 aromatic rings. The summed E-state index contributed by atoms with van der Waals surface area (Å²) in [6.07, 6.45) is 0. The third-order valence-corrected chi connectivity index (χ3v) is 3.04. The van der Waals surface area contributed by atoms with E-state index in [4.69, 9.17) is 16.6 Å². The number of rotatable bonds is 3. The van der Waals surface area contributed by atoms with E-state index in [1.165, 1.54) is 5.52 Å². The Hall–Kier alpha value is -1.02. The van der Waals surface area contributed by atoms with Gasteiger partial charge in [0, 0.05) is 17.5 Å². The van der Waals surface area contributed by atoms with Crippen LogP contribution >= 0.6 is 11.6 Å². The summed E-state index contributed by atoms with van der Waals surface area (Å²) in [4.78, 5) is 4.70. The van der Waals surface area contributed by atoms with Crippen molar-refractivity contribution in [3.8, 4) is 0 Å². The molecule has 1 heterocycles. The number of nitrogens with zero attached hydrogens (tertiary/aromatic N) is 2. The summed E-state index contributed by atoms with van der Waals surface area (Å²) < 4.78 is 2.32. The quantitative estimate of drug-likeness (QED) is 0.786. The number of hydrogen-bond acceptors (Lipinski definition) is 1. The van der Waals surface area contributed by atoms with E-state index < -0.39 is 0 Å². The number of imidazole rings is 1. The first-order valence-electron chi connectivity index (χ1n) is 6.14. The summed E-state index contributed by atoms with van der Waals surface area (Å²) in [6, 6.07) is 5.95. The zero-order valence-electron chi connectivity index (χ0n) is 10.9. The molecule has 0 radical (unpaired) electrons. The van der Waals surface area contributed by atoms with E-state index in [1.807, 2.05) is 12.1 Å². The monoisotopic (exact) mass is 250 g/mol. The maximum absolute atomic E-state index is 6.02. The van der Waals surface area contributed by atoms with Crippen molar-refractivity contribution in [1.82, 2.24) is 9.55 Å². The van der Waals surface area contributed by atoms with Crippen molar-refractivity contribution < 1.29 is 0 Å². The molecule has 0 aliphatic heterocycles. The van der Waals surface area contributed by atoms with Crippen molar-refractivity contribution in [2.45, 2.75) is 40.2 Å². The van der Waals surface area contributed by atoms with Gasteiger partial charge in [-0.25, -0.2) is 4.98 Å². The Balaban J connectivity index is 2.62. The molecule has 0 saturated carbocycles. The van der Waals surface area contributed by atoms with Crippen molar-refractivity contribution in [1.29, 1.82) is 0 Å². The fraction of sp³-hybridized carbons (Fsp3) is 0.500. The molecule has 0 aliphatic rings. The molecule has 1 aromatic carbocycles. The second kappa shape index (κ2) is 4.69. The molecular weight excluding hydrogens is 232 g/mol. The maximum atomic E-state index is 6.02. The Morgan fingerprint density at radius 1 is 1.24 bits per heavy atom. The largest absolute Gasteiger partial charge is 0.328 e. The second-order valence-corrected chi connectivity index (χ2v) is 5.70. The fourth-order valence-corrected chi connectivity index (χ4v) is 2.29. The van der Waals surface area contributed by atoms with E-state index in [2.05, 4.69) is 38.3 Å². The Bertz CT molecular complexity index is 526. The number of fused-ring (bicyclic) bond motifs is 1. The van der Waals surface area contributed by atoms with Crippen molar-refractivity contribution >= 4 is 22.6 Å². The molecule has 3 heteroatoms. The predicted octanol–water partition coefficient (Wildman–Crippen LogP) is 4.47. The van der Waals surface area contributed by atoms with Crippen LogP contribution in [-0.2, 0) is 6.54 Å². The Morgan fingerprint density at radius 3 is 2.53 bits per heavy atom. The zero-order valence-corrected chi connectivity index (χ0v) is 11.6. The van der Waals surface area contributed by atoms with Gasteiger partial charge in [0.25, 0.3) is 0 Å². The molecule has 1 aromatic heterocycles. The minimum absolute atomic E-state index is 0.430. The van der Waals surface area contributed by atoms with Crippen LogP contribution in [0.4, 0.5) is 0 Å². The normalized spacial score (nSPS) is 11.9. The van der Waals surface area contributed by atoms with E-state index in [1.54, 1.807) is 0 Å². The summed E-state index contributed by atoms with van der Waals surface area (Å²) in [5.74, 6) is 2.19. The zero-order chi connectivity index (χ0) is 12.6. The molecule has 0 bridgehead atoms. The lowest BCUT2D eigenvalue weighted by Crippen LogP contribution is -2.09. The van der Waals surface area contributed by atoms with Crippen LogP contribution in [0.1, 0.15) is 39.4 Å². The molecule has 0 aliphatic carbocycles. The number of aromatic nitrogens is 2. The van der Waals surface area contributed by atoms with Gasteiger partial charge in [0.2, 0.25) is 0 Å². The predicted molar refractivity (Wildman–Crippen MR) is 73.7 cm³/mol. The summed E-state index contributed by atoms with van der Waals surface area (Å²) in [6.45, 7) is 9.82. The van der Waals surface area contributed by atoms with Crippen LogP contribution in [0.5, 0.6) is 0 Å². The first kappa shape index (κ1) is 12.4. The molecule has 0 fully saturated rings. The second-order valence-electron chi connectivity index (χ2n) is 5.26. The van der Waals surface area contributed by atoms with Crippen LogP contribution in [-0.4, -0.2) is 9.55 Å². The molecular formula is C14H19ClN2. The van der Waals surface area contributed by atoms with Gasteiger partial charge in [-0.05, 0) is 24.1 Å². The van der Waals surface area contributed by atoms with Crippen LogP contribution < -0.4 is 0 Å². The van der Waals surface area contributed by atoms with Crippen LogP contribution in [0.3, 0.4) is 0 Å². The van der Waals surface area contributed by atoms with Crippen molar-refractivity contribution in [3.05, 3.63) is 29.0 Å².